The van der Waals surface area contributed by atoms with E-state index in [-0.39, 0.29) is 18.9 Å². The van der Waals surface area contributed by atoms with E-state index < -0.39 is 0 Å². The van der Waals surface area contributed by atoms with Gasteiger partial charge in [0, 0.05) is 19.1 Å². The Labute approximate surface area is 135 Å². The largest absolute Gasteiger partial charge is 0.395 e. The molecule has 1 aliphatic heterocycles. The molecule has 116 valence electrons. The SMILES string of the molecule is O=C(Cc1ccc(Cl)c(Cl)c1)N(CCO)CC1CCCN1. The number of rotatable bonds is 6. The van der Waals surface area contributed by atoms with Crippen molar-refractivity contribution >= 4 is 29.1 Å². The second-order valence-electron chi connectivity index (χ2n) is 5.28. The Morgan fingerprint density at radius 1 is 1.38 bits per heavy atom. The standard InChI is InChI=1S/C15H20Cl2N2O2/c16-13-4-3-11(8-14(13)17)9-15(21)19(6-7-20)10-12-2-1-5-18-12/h3-4,8,12,18,20H,1-2,5-7,9-10H2. The predicted octanol–water partition coefficient (Wildman–Crippen LogP) is 2.11. The van der Waals surface area contributed by atoms with Crippen molar-refractivity contribution in [2.75, 3.05) is 26.2 Å². The third-order valence-electron chi connectivity index (χ3n) is 3.67. The molecule has 0 aliphatic carbocycles. The van der Waals surface area contributed by atoms with Gasteiger partial charge in [0.05, 0.1) is 23.1 Å². The molecule has 1 unspecified atom stereocenters. The monoisotopic (exact) mass is 330 g/mol. The zero-order valence-electron chi connectivity index (χ0n) is 11.8. The number of carbonyl (C=O) groups is 1. The van der Waals surface area contributed by atoms with E-state index in [9.17, 15) is 4.79 Å². The summed E-state index contributed by atoms with van der Waals surface area (Å²) in [6, 6.07) is 5.54. The average Bonchev–Trinajstić information content (AvgIpc) is 2.95. The first-order chi connectivity index (χ1) is 10.1. The van der Waals surface area contributed by atoms with E-state index >= 15 is 0 Å². The number of nitrogens with zero attached hydrogens (tertiary/aromatic N) is 1. The Kier molecular flexibility index (Phi) is 6.30. The first-order valence-electron chi connectivity index (χ1n) is 7.16. The molecule has 1 heterocycles. The maximum absolute atomic E-state index is 12.4. The first kappa shape index (κ1) is 16.6. The van der Waals surface area contributed by atoms with Crippen LogP contribution in [0.15, 0.2) is 18.2 Å². The lowest BCUT2D eigenvalue weighted by Gasteiger charge is -2.25. The fraction of sp³-hybridized carbons (Fsp3) is 0.533. The smallest absolute Gasteiger partial charge is 0.227 e. The van der Waals surface area contributed by atoms with Gasteiger partial charge in [-0.25, -0.2) is 0 Å². The highest BCUT2D eigenvalue weighted by Gasteiger charge is 2.21. The molecule has 1 fully saturated rings. The van der Waals surface area contributed by atoms with Crippen LogP contribution < -0.4 is 5.32 Å². The molecule has 0 spiro atoms. The highest BCUT2D eigenvalue weighted by atomic mass is 35.5. The molecule has 1 amide bonds. The van der Waals surface area contributed by atoms with Crippen molar-refractivity contribution in [3.8, 4) is 0 Å². The minimum absolute atomic E-state index is 0.00357. The van der Waals surface area contributed by atoms with Crippen LogP contribution in [0, 0.1) is 0 Å². The van der Waals surface area contributed by atoms with Crippen molar-refractivity contribution in [2.24, 2.45) is 0 Å². The van der Waals surface area contributed by atoms with Crippen LogP contribution in [-0.2, 0) is 11.2 Å². The van der Waals surface area contributed by atoms with Crippen molar-refractivity contribution in [3.05, 3.63) is 33.8 Å². The Bertz CT molecular complexity index is 491. The fourth-order valence-electron chi connectivity index (χ4n) is 2.55. The molecular formula is C15H20Cl2N2O2. The van der Waals surface area contributed by atoms with E-state index in [1.807, 2.05) is 0 Å². The highest BCUT2D eigenvalue weighted by molar-refractivity contribution is 6.42. The van der Waals surface area contributed by atoms with Crippen molar-refractivity contribution in [1.82, 2.24) is 10.2 Å². The van der Waals surface area contributed by atoms with Crippen molar-refractivity contribution in [2.45, 2.75) is 25.3 Å². The van der Waals surface area contributed by atoms with E-state index in [2.05, 4.69) is 5.32 Å². The van der Waals surface area contributed by atoms with Gasteiger partial charge in [-0.05, 0) is 37.1 Å². The Morgan fingerprint density at radius 3 is 2.81 bits per heavy atom. The molecule has 6 heteroatoms. The van der Waals surface area contributed by atoms with Gasteiger partial charge in [0.2, 0.25) is 5.91 Å². The summed E-state index contributed by atoms with van der Waals surface area (Å²) in [6.07, 6.45) is 2.48. The number of amides is 1. The molecule has 1 aliphatic rings. The highest BCUT2D eigenvalue weighted by Crippen LogP contribution is 2.23. The number of aliphatic hydroxyl groups is 1. The van der Waals surface area contributed by atoms with Crippen LogP contribution in [0.1, 0.15) is 18.4 Å². The molecule has 2 rings (SSSR count). The summed E-state index contributed by atoms with van der Waals surface area (Å²) < 4.78 is 0. The van der Waals surface area contributed by atoms with Crippen LogP contribution >= 0.6 is 23.2 Å². The minimum Gasteiger partial charge on any atom is -0.395 e. The van der Waals surface area contributed by atoms with Gasteiger partial charge in [-0.15, -0.1) is 0 Å². The van der Waals surface area contributed by atoms with E-state index in [1.165, 1.54) is 0 Å². The van der Waals surface area contributed by atoms with Crippen molar-refractivity contribution in [3.63, 3.8) is 0 Å². The first-order valence-corrected chi connectivity index (χ1v) is 7.91. The van der Waals surface area contributed by atoms with Crippen molar-refractivity contribution in [1.29, 1.82) is 0 Å². The zero-order valence-corrected chi connectivity index (χ0v) is 13.3. The van der Waals surface area contributed by atoms with Gasteiger partial charge < -0.3 is 15.3 Å². The third-order valence-corrected chi connectivity index (χ3v) is 4.40. The molecule has 4 nitrogen and oxygen atoms in total. The Balaban J connectivity index is 1.98. The van der Waals surface area contributed by atoms with Crippen LogP contribution in [0.25, 0.3) is 0 Å². The molecule has 21 heavy (non-hydrogen) atoms. The van der Waals surface area contributed by atoms with Gasteiger partial charge in [-0.2, -0.15) is 0 Å². The van der Waals surface area contributed by atoms with Gasteiger partial charge in [-0.3, -0.25) is 4.79 Å². The van der Waals surface area contributed by atoms with E-state index in [0.29, 0.717) is 29.2 Å². The molecule has 0 radical (unpaired) electrons. The molecule has 1 atom stereocenters. The number of benzene rings is 1. The van der Waals surface area contributed by atoms with E-state index in [4.69, 9.17) is 28.3 Å². The Hall–Kier alpha value is -0.810. The van der Waals surface area contributed by atoms with Crippen LogP contribution in [0.2, 0.25) is 10.0 Å². The van der Waals surface area contributed by atoms with Gasteiger partial charge >= 0.3 is 0 Å². The maximum atomic E-state index is 12.4. The van der Waals surface area contributed by atoms with Crippen LogP contribution in [-0.4, -0.2) is 48.2 Å². The fourth-order valence-corrected chi connectivity index (χ4v) is 2.87. The molecule has 0 saturated carbocycles. The zero-order chi connectivity index (χ0) is 15.2. The second-order valence-corrected chi connectivity index (χ2v) is 6.10. The van der Waals surface area contributed by atoms with Gasteiger partial charge in [-0.1, -0.05) is 29.3 Å². The summed E-state index contributed by atoms with van der Waals surface area (Å²) in [5.74, 6) is -0.00357. The summed E-state index contributed by atoms with van der Waals surface area (Å²) in [7, 11) is 0. The quantitative estimate of drug-likeness (QED) is 0.839. The number of aliphatic hydroxyl groups excluding tert-OH is 1. The summed E-state index contributed by atoms with van der Waals surface area (Å²) in [5, 5.41) is 13.5. The predicted molar refractivity (Wildman–Crippen MR) is 84.9 cm³/mol. The average molecular weight is 331 g/mol. The van der Waals surface area contributed by atoms with Crippen molar-refractivity contribution < 1.29 is 9.90 Å². The van der Waals surface area contributed by atoms with E-state index in [1.54, 1.807) is 23.1 Å². The molecule has 1 aromatic rings. The van der Waals surface area contributed by atoms with Crippen LogP contribution in [0.4, 0.5) is 0 Å². The number of hydrogen-bond acceptors (Lipinski definition) is 3. The van der Waals surface area contributed by atoms with E-state index in [0.717, 1.165) is 24.9 Å². The summed E-state index contributed by atoms with van der Waals surface area (Å²) in [4.78, 5) is 14.1. The topological polar surface area (TPSA) is 52.6 Å². The number of carbonyl (C=O) groups excluding carboxylic acids is 1. The molecule has 1 aromatic carbocycles. The maximum Gasteiger partial charge on any atom is 0.227 e. The second kappa shape index (κ2) is 7.99. The molecule has 0 bridgehead atoms. The lowest BCUT2D eigenvalue weighted by Crippen LogP contribution is -2.43. The molecule has 0 aromatic heterocycles. The number of halogens is 2. The lowest BCUT2D eigenvalue weighted by molar-refractivity contribution is -0.131. The minimum atomic E-state index is -0.0279. The molecule has 2 N–H and O–H groups in total. The van der Waals surface area contributed by atoms with Gasteiger partial charge in [0.1, 0.15) is 0 Å². The normalized spacial score (nSPS) is 18.0. The van der Waals surface area contributed by atoms with Crippen LogP contribution in [0.3, 0.4) is 0 Å². The van der Waals surface area contributed by atoms with Gasteiger partial charge in [0.15, 0.2) is 0 Å². The lowest BCUT2D eigenvalue weighted by atomic mass is 10.1. The van der Waals surface area contributed by atoms with Crippen LogP contribution in [0.5, 0.6) is 0 Å². The summed E-state index contributed by atoms with van der Waals surface area (Å²) in [6.45, 7) is 1.97. The molecule has 1 saturated heterocycles. The number of hydrogen-bond donors (Lipinski definition) is 2. The summed E-state index contributed by atoms with van der Waals surface area (Å²) >= 11 is 11.8. The number of nitrogens with one attached hydrogen (secondary N) is 1. The summed E-state index contributed by atoms with van der Waals surface area (Å²) in [5.41, 5.74) is 0.830. The Morgan fingerprint density at radius 2 is 2.19 bits per heavy atom. The third kappa shape index (κ3) is 4.85. The molecular weight excluding hydrogens is 311 g/mol. The van der Waals surface area contributed by atoms with Gasteiger partial charge in [0.25, 0.3) is 0 Å².